The number of hydrogen-bond donors (Lipinski definition) is 1. The van der Waals surface area contributed by atoms with Crippen molar-refractivity contribution >= 4 is 23.1 Å². The zero-order valence-electron chi connectivity index (χ0n) is 10.3. The van der Waals surface area contributed by atoms with Gasteiger partial charge in [0.15, 0.2) is 0 Å². The molecule has 1 aliphatic rings. The molecule has 3 rings (SSSR count). The number of carbonyl (C=O) groups is 1. The molecule has 0 aromatic carbocycles. The van der Waals surface area contributed by atoms with Crippen molar-refractivity contribution in [3.05, 3.63) is 46.3 Å². The van der Waals surface area contributed by atoms with Crippen molar-refractivity contribution in [1.82, 2.24) is 4.98 Å². The largest absolute Gasteiger partial charge is 0.478 e. The van der Waals surface area contributed by atoms with Gasteiger partial charge in [0.25, 0.3) is 0 Å². The lowest BCUT2D eigenvalue weighted by Crippen LogP contribution is -2.27. The standard InChI is InChI=1S/C14H14N2O2S/c17-14(18)12-2-1-6-15-13(12)16(11-3-4-11)8-10-5-7-19-9-10/h1-2,5-7,9,11H,3-4,8H2,(H,17,18). The quantitative estimate of drug-likeness (QED) is 0.910. The molecule has 0 aliphatic heterocycles. The Balaban J connectivity index is 1.94. The van der Waals surface area contributed by atoms with Crippen LogP contribution in [-0.4, -0.2) is 22.1 Å². The fourth-order valence-corrected chi connectivity index (χ4v) is 2.80. The van der Waals surface area contributed by atoms with Crippen LogP contribution in [0.25, 0.3) is 0 Å². The van der Waals surface area contributed by atoms with Gasteiger partial charge in [-0.2, -0.15) is 11.3 Å². The van der Waals surface area contributed by atoms with Crippen LogP contribution in [0, 0.1) is 0 Å². The van der Waals surface area contributed by atoms with Gasteiger partial charge in [-0.05, 0) is 47.4 Å². The van der Waals surface area contributed by atoms with E-state index in [1.807, 2.05) is 5.38 Å². The fraction of sp³-hybridized carbons (Fsp3) is 0.286. The summed E-state index contributed by atoms with van der Waals surface area (Å²) >= 11 is 1.66. The Morgan fingerprint density at radius 2 is 2.32 bits per heavy atom. The summed E-state index contributed by atoms with van der Waals surface area (Å²) in [4.78, 5) is 17.7. The van der Waals surface area contributed by atoms with Crippen LogP contribution in [0.2, 0.25) is 0 Å². The maximum atomic E-state index is 11.3. The fourth-order valence-electron chi connectivity index (χ4n) is 2.14. The van der Waals surface area contributed by atoms with Crippen molar-refractivity contribution in [3.8, 4) is 0 Å². The topological polar surface area (TPSA) is 53.4 Å². The second-order valence-electron chi connectivity index (χ2n) is 4.67. The van der Waals surface area contributed by atoms with Crippen molar-refractivity contribution in [1.29, 1.82) is 0 Å². The number of aromatic carboxylic acids is 1. The van der Waals surface area contributed by atoms with Crippen LogP contribution in [0.4, 0.5) is 5.82 Å². The zero-order valence-corrected chi connectivity index (χ0v) is 11.1. The molecule has 0 amide bonds. The van der Waals surface area contributed by atoms with E-state index in [4.69, 9.17) is 0 Å². The van der Waals surface area contributed by atoms with Gasteiger partial charge in [0.05, 0.1) is 0 Å². The van der Waals surface area contributed by atoms with E-state index < -0.39 is 5.97 Å². The van der Waals surface area contributed by atoms with E-state index in [2.05, 4.69) is 21.3 Å². The lowest BCUT2D eigenvalue weighted by atomic mass is 10.2. The first kappa shape index (κ1) is 12.2. The minimum absolute atomic E-state index is 0.282. The van der Waals surface area contributed by atoms with E-state index in [0.717, 1.165) is 19.4 Å². The Morgan fingerprint density at radius 1 is 1.47 bits per heavy atom. The minimum atomic E-state index is -0.918. The molecule has 4 nitrogen and oxygen atoms in total. The summed E-state index contributed by atoms with van der Waals surface area (Å²) in [5.74, 6) is -0.331. The van der Waals surface area contributed by atoms with Crippen LogP contribution in [0.5, 0.6) is 0 Å². The van der Waals surface area contributed by atoms with Crippen molar-refractivity contribution in [2.45, 2.75) is 25.4 Å². The lowest BCUT2D eigenvalue weighted by molar-refractivity contribution is 0.0697. The number of pyridine rings is 1. The number of thiophene rings is 1. The molecule has 2 aromatic heterocycles. The Morgan fingerprint density at radius 3 is 2.95 bits per heavy atom. The predicted octanol–water partition coefficient (Wildman–Crippen LogP) is 3.01. The molecule has 0 atom stereocenters. The molecule has 0 bridgehead atoms. The van der Waals surface area contributed by atoms with Gasteiger partial charge in [0, 0.05) is 18.8 Å². The summed E-state index contributed by atoms with van der Waals surface area (Å²) in [5.41, 5.74) is 1.49. The molecule has 0 radical (unpaired) electrons. The smallest absolute Gasteiger partial charge is 0.339 e. The third kappa shape index (κ3) is 2.61. The third-order valence-electron chi connectivity index (χ3n) is 3.21. The third-order valence-corrected chi connectivity index (χ3v) is 3.94. The molecule has 0 saturated heterocycles. The molecule has 1 aliphatic carbocycles. The second-order valence-corrected chi connectivity index (χ2v) is 5.45. The number of hydrogen-bond acceptors (Lipinski definition) is 4. The van der Waals surface area contributed by atoms with E-state index in [9.17, 15) is 9.90 Å². The molecule has 1 N–H and O–H groups in total. The van der Waals surface area contributed by atoms with Gasteiger partial charge >= 0.3 is 5.97 Å². The summed E-state index contributed by atoms with van der Waals surface area (Å²) in [7, 11) is 0. The number of carboxylic acids is 1. The highest BCUT2D eigenvalue weighted by molar-refractivity contribution is 7.07. The summed E-state index contributed by atoms with van der Waals surface area (Å²) in [6.07, 6.45) is 3.88. The van der Waals surface area contributed by atoms with Crippen molar-refractivity contribution < 1.29 is 9.90 Å². The number of nitrogens with zero attached hydrogens (tertiary/aromatic N) is 2. The Hall–Kier alpha value is -1.88. The van der Waals surface area contributed by atoms with Crippen LogP contribution in [0.3, 0.4) is 0 Å². The average molecular weight is 274 g/mol. The van der Waals surface area contributed by atoms with Gasteiger partial charge in [-0.1, -0.05) is 0 Å². The van der Waals surface area contributed by atoms with Crippen LogP contribution in [-0.2, 0) is 6.54 Å². The molecular formula is C14H14N2O2S. The molecule has 1 fully saturated rings. The van der Waals surface area contributed by atoms with E-state index in [0.29, 0.717) is 11.9 Å². The van der Waals surface area contributed by atoms with Gasteiger partial charge in [-0.3, -0.25) is 0 Å². The predicted molar refractivity (Wildman–Crippen MR) is 74.7 cm³/mol. The maximum Gasteiger partial charge on any atom is 0.339 e. The molecule has 2 aromatic rings. The summed E-state index contributed by atoms with van der Waals surface area (Å²) in [6, 6.07) is 5.78. The van der Waals surface area contributed by atoms with Gasteiger partial charge in [-0.25, -0.2) is 9.78 Å². The molecule has 0 spiro atoms. The first-order valence-corrected chi connectivity index (χ1v) is 7.16. The van der Waals surface area contributed by atoms with Gasteiger partial charge in [0.2, 0.25) is 0 Å². The molecule has 5 heteroatoms. The highest BCUT2D eigenvalue weighted by Crippen LogP contribution is 2.33. The van der Waals surface area contributed by atoms with Gasteiger partial charge in [-0.15, -0.1) is 0 Å². The maximum absolute atomic E-state index is 11.3. The van der Waals surface area contributed by atoms with Gasteiger partial charge in [0.1, 0.15) is 11.4 Å². The number of anilines is 1. The van der Waals surface area contributed by atoms with Crippen LogP contribution >= 0.6 is 11.3 Å². The highest BCUT2D eigenvalue weighted by atomic mass is 32.1. The molecule has 2 heterocycles. The van der Waals surface area contributed by atoms with E-state index >= 15 is 0 Å². The van der Waals surface area contributed by atoms with E-state index in [1.165, 1.54) is 5.56 Å². The van der Waals surface area contributed by atoms with Crippen molar-refractivity contribution in [2.75, 3.05) is 4.90 Å². The second kappa shape index (κ2) is 5.01. The zero-order chi connectivity index (χ0) is 13.2. The monoisotopic (exact) mass is 274 g/mol. The number of rotatable bonds is 5. The molecule has 1 saturated carbocycles. The molecule has 19 heavy (non-hydrogen) atoms. The van der Waals surface area contributed by atoms with Crippen molar-refractivity contribution in [3.63, 3.8) is 0 Å². The SMILES string of the molecule is O=C(O)c1cccnc1N(Cc1ccsc1)C1CC1. The Labute approximate surface area is 115 Å². The first-order chi connectivity index (χ1) is 9.25. The van der Waals surface area contributed by atoms with E-state index in [1.54, 1.807) is 29.7 Å². The van der Waals surface area contributed by atoms with Crippen LogP contribution < -0.4 is 4.90 Å². The molecule has 0 unspecified atom stereocenters. The normalized spacial score (nSPS) is 14.3. The summed E-state index contributed by atoms with van der Waals surface area (Å²) in [5, 5.41) is 13.4. The first-order valence-electron chi connectivity index (χ1n) is 6.22. The van der Waals surface area contributed by atoms with E-state index in [-0.39, 0.29) is 5.56 Å². The number of aromatic nitrogens is 1. The lowest BCUT2D eigenvalue weighted by Gasteiger charge is -2.24. The Bertz CT molecular complexity index is 579. The summed E-state index contributed by atoms with van der Waals surface area (Å²) in [6.45, 7) is 0.728. The Kier molecular flexibility index (Phi) is 3.21. The van der Waals surface area contributed by atoms with Crippen molar-refractivity contribution in [2.24, 2.45) is 0 Å². The molecule has 98 valence electrons. The minimum Gasteiger partial charge on any atom is -0.478 e. The van der Waals surface area contributed by atoms with Gasteiger partial charge < -0.3 is 10.0 Å². The highest BCUT2D eigenvalue weighted by Gasteiger charge is 2.32. The van der Waals surface area contributed by atoms with Crippen LogP contribution in [0.1, 0.15) is 28.8 Å². The molecular weight excluding hydrogens is 260 g/mol. The van der Waals surface area contributed by atoms with Crippen LogP contribution in [0.15, 0.2) is 35.2 Å². The number of carboxylic acid groups (broad SMARTS) is 1. The average Bonchev–Trinajstić information content (AvgIpc) is 3.13. The summed E-state index contributed by atoms with van der Waals surface area (Å²) < 4.78 is 0.